The van der Waals surface area contributed by atoms with Crippen molar-refractivity contribution in [2.24, 2.45) is 0 Å². The maximum absolute atomic E-state index is 12.1. The number of carbonyl (C=O) groups is 2. The number of ether oxygens (including phenoxy) is 1. The molecule has 1 spiro atoms. The quantitative estimate of drug-likeness (QED) is 0.775. The number of rotatable bonds is 2. The van der Waals surface area contributed by atoms with Crippen LogP contribution in [-0.2, 0) is 20.9 Å². The van der Waals surface area contributed by atoms with E-state index in [0.29, 0.717) is 39.3 Å². The topological polar surface area (TPSA) is 49.9 Å². The standard InChI is InChI=1S/C17H22N2O3/c1-13-3-5-15(6-4-13)10-19-16(21)9-17(19)11-18(14(2)20)7-8-22-12-17/h3-6H,7-12H2,1-2H3/t17-/m1/s1. The molecule has 2 heterocycles. The molecule has 2 fully saturated rings. The molecule has 0 N–H and O–H groups in total. The van der Waals surface area contributed by atoms with Crippen molar-refractivity contribution in [3.63, 3.8) is 0 Å². The second kappa shape index (κ2) is 5.72. The summed E-state index contributed by atoms with van der Waals surface area (Å²) in [4.78, 5) is 27.5. The molecule has 2 aliphatic rings. The number of hydrogen-bond acceptors (Lipinski definition) is 3. The van der Waals surface area contributed by atoms with E-state index in [0.717, 1.165) is 5.56 Å². The van der Waals surface area contributed by atoms with Gasteiger partial charge in [0.25, 0.3) is 0 Å². The van der Waals surface area contributed by atoms with E-state index in [1.54, 1.807) is 11.8 Å². The highest BCUT2D eigenvalue weighted by molar-refractivity contribution is 5.85. The Morgan fingerprint density at radius 3 is 2.68 bits per heavy atom. The van der Waals surface area contributed by atoms with Crippen LogP contribution in [0.4, 0.5) is 0 Å². The summed E-state index contributed by atoms with van der Waals surface area (Å²) < 4.78 is 5.68. The van der Waals surface area contributed by atoms with Gasteiger partial charge in [0.2, 0.25) is 11.8 Å². The first-order valence-corrected chi connectivity index (χ1v) is 7.69. The second-order valence-corrected chi connectivity index (χ2v) is 6.36. The summed E-state index contributed by atoms with van der Waals surface area (Å²) in [6.07, 6.45) is 0.461. The number of hydrogen-bond donors (Lipinski definition) is 0. The molecule has 0 radical (unpaired) electrons. The van der Waals surface area contributed by atoms with Gasteiger partial charge < -0.3 is 14.5 Å². The van der Waals surface area contributed by atoms with Crippen molar-refractivity contribution in [3.8, 4) is 0 Å². The van der Waals surface area contributed by atoms with E-state index in [1.165, 1.54) is 5.56 Å². The van der Waals surface area contributed by atoms with Crippen LogP contribution in [0.5, 0.6) is 0 Å². The van der Waals surface area contributed by atoms with E-state index in [2.05, 4.69) is 24.3 Å². The average Bonchev–Trinajstić information content (AvgIpc) is 2.71. The van der Waals surface area contributed by atoms with Crippen LogP contribution in [0.2, 0.25) is 0 Å². The Bertz CT molecular complexity index is 584. The first-order valence-electron chi connectivity index (χ1n) is 7.69. The third kappa shape index (κ3) is 2.73. The van der Waals surface area contributed by atoms with Gasteiger partial charge in [0.1, 0.15) is 0 Å². The van der Waals surface area contributed by atoms with Gasteiger partial charge in [-0.05, 0) is 12.5 Å². The zero-order valence-electron chi connectivity index (χ0n) is 13.2. The van der Waals surface area contributed by atoms with Crippen molar-refractivity contribution in [1.82, 2.24) is 9.80 Å². The third-order valence-electron chi connectivity index (χ3n) is 4.62. The molecule has 5 heteroatoms. The Labute approximate surface area is 130 Å². The van der Waals surface area contributed by atoms with Crippen molar-refractivity contribution in [2.75, 3.05) is 26.3 Å². The molecule has 1 aromatic rings. The van der Waals surface area contributed by atoms with E-state index >= 15 is 0 Å². The van der Waals surface area contributed by atoms with Gasteiger partial charge in [0.15, 0.2) is 0 Å². The fourth-order valence-electron chi connectivity index (χ4n) is 3.23. The predicted octanol–water partition coefficient (Wildman–Crippen LogP) is 1.34. The van der Waals surface area contributed by atoms with E-state index < -0.39 is 0 Å². The Morgan fingerprint density at radius 1 is 1.32 bits per heavy atom. The Kier molecular flexibility index (Phi) is 3.91. The lowest BCUT2D eigenvalue weighted by Crippen LogP contribution is -2.69. The Morgan fingerprint density at radius 2 is 2.05 bits per heavy atom. The highest BCUT2D eigenvalue weighted by Gasteiger charge is 2.52. The maximum atomic E-state index is 12.1. The average molecular weight is 302 g/mol. The number of benzene rings is 1. The van der Waals surface area contributed by atoms with Gasteiger partial charge >= 0.3 is 0 Å². The number of nitrogens with zero attached hydrogens (tertiary/aromatic N) is 2. The van der Waals surface area contributed by atoms with E-state index in [9.17, 15) is 9.59 Å². The predicted molar refractivity (Wildman–Crippen MR) is 82.2 cm³/mol. The molecule has 0 aromatic heterocycles. The Balaban J connectivity index is 1.78. The molecule has 0 bridgehead atoms. The summed E-state index contributed by atoms with van der Waals surface area (Å²) >= 11 is 0. The lowest BCUT2D eigenvalue weighted by molar-refractivity contribution is -0.166. The summed E-state index contributed by atoms with van der Waals surface area (Å²) in [6, 6.07) is 8.21. The van der Waals surface area contributed by atoms with Crippen molar-refractivity contribution in [1.29, 1.82) is 0 Å². The fourth-order valence-corrected chi connectivity index (χ4v) is 3.23. The summed E-state index contributed by atoms with van der Waals surface area (Å²) in [6.45, 7) is 6.41. The molecular weight excluding hydrogens is 280 g/mol. The van der Waals surface area contributed by atoms with Crippen LogP contribution in [-0.4, -0.2) is 53.5 Å². The van der Waals surface area contributed by atoms with Crippen LogP contribution in [0.1, 0.15) is 24.5 Å². The van der Waals surface area contributed by atoms with Crippen LogP contribution in [0.3, 0.4) is 0 Å². The monoisotopic (exact) mass is 302 g/mol. The highest BCUT2D eigenvalue weighted by atomic mass is 16.5. The lowest BCUT2D eigenvalue weighted by Gasteiger charge is -2.52. The highest BCUT2D eigenvalue weighted by Crippen LogP contribution is 2.36. The van der Waals surface area contributed by atoms with Gasteiger partial charge in [0, 0.05) is 26.6 Å². The normalized spacial score (nSPS) is 25.1. The van der Waals surface area contributed by atoms with Crippen LogP contribution in [0.25, 0.3) is 0 Å². The van der Waals surface area contributed by atoms with E-state index in [1.807, 2.05) is 11.8 Å². The van der Waals surface area contributed by atoms with Crippen LogP contribution >= 0.6 is 0 Å². The number of likely N-dealkylation sites (tertiary alicyclic amines) is 1. The molecule has 2 saturated heterocycles. The van der Waals surface area contributed by atoms with Gasteiger partial charge in [0.05, 0.1) is 25.2 Å². The molecule has 118 valence electrons. The zero-order chi connectivity index (χ0) is 15.7. The molecule has 1 aromatic carbocycles. The minimum atomic E-state index is -0.357. The van der Waals surface area contributed by atoms with Crippen LogP contribution in [0.15, 0.2) is 24.3 Å². The van der Waals surface area contributed by atoms with Crippen molar-refractivity contribution in [3.05, 3.63) is 35.4 Å². The summed E-state index contributed by atoms with van der Waals surface area (Å²) in [7, 11) is 0. The largest absolute Gasteiger partial charge is 0.377 e. The number of carbonyl (C=O) groups excluding carboxylic acids is 2. The molecule has 2 amide bonds. The molecule has 22 heavy (non-hydrogen) atoms. The molecule has 0 aliphatic carbocycles. The fraction of sp³-hybridized carbons (Fsp3) is 0.529. The summed E-state index contributed by atoms with van der Waals surface area (Å²) in [5.74, 6) is 0.175. The van der Waals surface area contributed by atoms with Gasteiger partial charge in [-0.15, -0.1) is 0 Å². The molecule has 1 atom stereocenters. The van der Waals surface area contributed by atoms with Crippen molar-refractivity contribution < 1.29 is 14.3 Å². The van der Waals surface area contributed by atoms with Crippen LogP contribution in [0, 0.1) is 6.92 Å². The zero-order valence-corrected chi connectivity index (χ0v) is 13.2. The SMILES string of the molecule is CC(=O)N1CCOC[C@@]2(CC(=O)N2Cc2ccc(C)cc2)C1. The molecule has 0 unspecified atom stereocenters. The number of amides is 2. The Hall–Kier alpha value is -1.88. The molecule has 0 saturated carbocycles. The van der Waals surface area contributed by atoms with E-state index in [-0.39, 0.29) is 17.4 Å². The minimum absolute atomic E-state index is 0.0412. The smallest absolute Gasteiger partial charge is 0.226 e. The summed E-state index contributed by atoms with van der Waals surface area (Å²) in [5, 5.41) is 0. The minimum Gasteiger partial charge on any atom is -0.377 e. The van der Waals surface area contributed by atoms with Gasteiger partial charge in [-0.25, -0.2) is 0 Å². The van der Waals surface area contributed by atoms with Gasteiger partial charge in [-0.3, -0.25) is 9.59 Å². The molecule has 5 nitrogen and oxygen atoms in total. The van der Waals surface area contributed by atoms with Crippen molar-refractivity contribution in [2.45, 2.75) is 32.4 Å². The maximum Gasteiger partial charge on any atom is 0.226 e. The first kappa shape index (κ1) is 15.0. The molecule has 2 aliphatic heterocycles. The molecular formula is C17H22N2O3. The molecule has 3 rings (SSSR count). The lowest BCUT2D eigenvalue weighted by atomic mass is 9.83. The number of aryl methyl sites for hydroxylation is 1. The van der Waals surface area contributed by atoms with Gasteiger partial charge in [-0.2, -0.15) is 0 Å². The summed E-state index contributed by atoms with van der Waals surface area (Å²) in [5.41, 5.74) is 1.95. The van der Waals surface area contributed by atoms with Gasteiger partial charge in [-0.1, -0.05) is 29.8 Å². The third-order valence-corrected chi connectivity index (χ3v) is 4.62. The van der Waals surface area contributed by atoms with E-state index in [4.69, 9.17) is 4.74 Å². The van der Waals surface area contributed by atoms with Crippen LogP contribution < -0.4 is 0 Å². The number of β-lactam (4-membered cyclic amide) rings is 1. The first-order chi connectivity index (χ1) is 10.5. The van der Waals surface area contributed by atoms with Crippen molar-refractivity contribution >= 4 is 11.8 Å². The second-order valence-electron chi connectivity index (χ2n) is 6.36.